The number of thioether (sulfide) groups is 1. The lowest BCUT2D eigenvalue weighted by Crippen LogP contribution is -2.44. The predicted octanol–water partition coefficient (Wildman–Crippen LogP) is 4.46. The van der Waals surface area contributed by atoms with E-state index < -0.39 is 11.9 Å². The number of furan rings is 1. The van der Waals surface area contributed by atoms with Gasteiger partial charge in [-0.1, -0.05) is 23.9 Å². The molecule has 1 saturated carbocycles. The summed E-state index contributed by atoms with van der Waals surface area (Å²) in [6, 6.07) is 11.0. The molecule has 1 atom stereocenters. The molecule has 0 spiro atoms. The van der Waals surface area contributed by atoms with Gasteiger partial charge in [0.15, 0.2) is 6.17 Å². The van der Waals surface area contributed by atoms with Crippen molar-refractivity contribution in [3.8, 4) is 0 Å². The molecule has 24 heavy (non-hydrogen) atoms. The highest BCUT2D eigenvalue weighted by Crippen LogP contribution is 2.41. The van der Waals surface area contributed by atoms with Gasteiger partial charge in [0.2, 0.25) is 0 Å². The SMILES string of the molecule is O=C1c2ccccc2N[C@H](c2ccc(CSC(F)F)o2)N1C1CC1. The van der Waals surface area contributed by atoms with Crippen molar-refractivity contribution < 1.29 is 18.0 Å². The number of carbonyl (C=O) groups is 1. The van der Waals surface area contributed by atoms with E-state index in [0.29, 0.717) is 28.8 Å². The smallest absolute Gasteiger partial charge is 0.284 e. The van der Waals surface area contributed by atoms with Gasteiger partial charge >= 0.3 is 0 Å². The first-order valence-corrected chi connectivity index (χ1v) is 8.85. The van der Waals surface area contributed by atoms with Crippen LogP contribution in [-0.4, -0.2) is 22.6 Å². The van der Waals surface area contributed by atoms with Crippen molar-refractivity contribution in [1.29, 1.82) is 0 Å². The van der Waals surface area contributed by atoms with Crippen molar-refractivity contribution in [1.82, 2.24) is 4.90 Å². The van der Waals surface area contributed by atoms with Crippen LogP contribution in [0.15, 0.2) is 40.8 Å². The molecule has 1 fully saturated rings. The molecule has 1 aliphatic carbocycles. The van der Waals surface area contributed by atoms with Gasteiger partial charge < -0.3 is 14.6 Å². The fourth-order valence-electron chi connectivity index (χ4n) is 2.97. The quantitative estimate of drug-likeness (QED) is 0.864. The van der Waals surface area contributed by atoms with E-state index in [9.17, 15) is 13.6 Å². The molecule has 1 amide bonds. The zero-order valence-corrected chi connectivity index (χ0v) is 13.6. The van der Waals surface area contributed by atoms with E-state index in [-0.39, 0.29) is 17.7 Å². The average molecular weight is 350 g/mol. The molecule has 4 nitrogen and oxygen atoms in total. The molecule has 1 N–H and O–H groups in total. The van der Waals surface area contributed by atoms with Gasteiger partial charge in [0.25, 0.3) is 11.7 Å². The zero-order valence-electron chi connectivity index (χ0n) is 12.7. The fraction of sp³-hybridized carbons (Fsp3) is 0.353. The van der Waals surface area contributed by atoms with Gasteiger partial charge in [-0.15, -0.1) is 0 Å². The van der Waals surface area contributed by atoms with Crippen LogP contribution >= 0.6 is 11.8 Å². The zero-order chi connectivity index (χ0) is 16.7. The summed E-state index contributed by atoms with van der Waals surface area (Å²) >= 11 is 0.525. The Morgan fingerprint density at radius 3 is 2.79 bits per heavy atom. The first-order valence-electron chi connectivity index (χ1n) is 7.80. The van der Waals surface area contributed by atoms with E-state index in [1.54, 1.807) is 12.1 Å². The summed E-state index contributed by atoms with van der Waals surface area (Å²) in [4.78, 5) is 14.7. The van der Waals surface area contributed by atoms with Gasteiger partial charge in [-0.25, -0.2) is 0 Å². The lowest BCUT2D eigenvalue weighted by Gasteiger charge is -2.37. The standard InChI is InChI=1S/C17H16F2N2O2S/c18-17(19)24-9-11-7-8-14(23-11)15-20-13-4-2-1-3-12(13)16(22)21(15)10-5-6-10/h1-4,7-8,10,15,17,20H,5-6,9H2/t15-/m0/s1. The van der Waals surface area contributed by atoms with Gasteiger partial charge in [0.1, 0.15) is 11.5 Å². The number of hydrogen-bond acceptors (Lipinski definition) is 4. The van der Waals surface area contributed by atoms with Crippen LogP contribution in [0.2, 0.25) is 0 Å². The number of hydrogen-bond donors (Lipinski definition) is 1. The number of rotatable bonds is 5. The molecule has 7 heteroatoms. The Balaban J connectivity index is 1.63. The Bertz CT molecular complexity index is 761. The van der Waals surface area contributed by atoms with Crippen molar-refractivity contribution in [2.75, 3.05) is 5.32 Å². The minimum absolute atomic E-state index is 0.0169. The number of para-hydroxylation sites is 1. The van der Waals surface area contributed by atoms with Crippen molar-refractivity contribution in [2.24, 2.45) is 0 Å². The first-order chi connectivity index (χ1) is 11.6. The number of carbonyl (C=O) groups excluding carboxylic acids is 1. The minimum Gasteiger partial charge on any atom is -0.461 e. The molecule has 1 aliphatic heterocycles. The molecule has 1 aromatic carbocycles. The lowest BCUT2D eigenvalue weighted by atomic mass is 10.1. The number of alkyl halides is 2. The van der Waals surface area contributed by atoms with Gasteiger partial charge in [0.05, 0.1) is 11.3 Å². The first kappa shape index (κ1) is 15.5. The second-order valence-electron chi connectivity index (χ2n) is 5.91. The van der Waals surface area contributed by atoms with Crippen molar-refractivity contribution in [2.45, 2.75) is 36.6 Å². The third kappa shape index (κ3) is 2.88. The molecule has 2 aliphatic rings. The van der Waals surface area contributed by atoms with E-state index in [0.717, 1.165) is 18.5 Å². The van der Waals surface area contributed by atoms with Crippen LogP contribution in [0.3, 0.4) is 0 Å². The molecule has 126 valence electrons. The summed E-state index contributed by atoms with van der Waals surface area (Å²) in [5, 5.41) is 3.35. The maximum atomic E-state index is 12.8. The van der Waals surface area contributed by atoms with Crippen LogP contribution in [0.5, 0.6) is 0 Å². The van der Waals surface area contributed by atoms with Crippen LogP contribution in [0.4, 0.5) is 14.5 Å². The summed E-state index contributed by atoms with van der Waals surface area (Å²) in [5.41, 5.74) is 1.42. The molecule has 2 aromatic rings. The van der Waals surface area contributed by atoms with Gasteiger partial charge in [-0.2, -0.15) is 8.78 Å². The molecule has 0 saturated heterocycles. The maximum Gasteiger partial charge on any atom is 0.284 e. The number of anilines is 1. The summed E-state index contributed by atoms with van der Waals surface area (Å²) in [6.45, 7) is 0. The van der Waals surface area contributed by atoms with E-state index in [2.05, 4.69) is 5.32 Å². The molecule has 1 aromatic heterocycles. The summed E-state index contributed by atoms with van der Waals surface area (Å²) in [5.74, 6) is -1.27. The Kier molecular flexibility index (Phi) is 3.96. The largest absolute Gasteiger partial charge is 0.461 e. The van der Waals surface area contributed by atoms with Crippen molar-refractivity contribution in [3.63, 3.8) is 0 Å². The number of halogens is 2. The summed E-state index contributed by atoms with van der Waals surface area (Å²) in [7, 11) is 0. The number of nitrogens with one attached hydrogen (secondary N) is 1. The Hall–Kier alpha value is -2.02. The molecular formula is C17H16F2N2O2S. The third-order valence-corrected chi connectivity index (χ3v) is 4.91. The highest BCUT2D eigenvalue weighted by Gasteiger charge is 2.43. The highest BCUT2D eigenvalue weighted by atomic mass is 32.2. The van der Waals surface area contributed by atoms with Gasteiger partial charge in [0, 0.05) is 11.7 Å². The van der Waals surface area contributed by atoms with Gasteiger partial charge in [-0.3, -0.25) is 4.79 Å². The second-order valence-corrected chi connectivity index (χ2v) is 6.89. The third-order valence-electron chi connectivity index (χ3n) is 4.21. The van der Waals surface area contributed by atoms with Crippen molar-refractivity contribution in [3.05, 3.63) is 53.5 Å². The number of amides is 1. The monoisotopic (exact) mass is 350 g/mol. The van der Waals surface area contributed by atoms with E-state index >= 15 is 0 Å². The van der Waals surface area contributed by atoms with Crippen LogP contribution < -0.4 is 5.32 Å². The number of nitrogens with zero attached hydrogens (tertiary/aromatic N) is 1. The Morgan fingerprint density at radius 2 is 2.04 bits per heavy atom. The lowest BCUT2D eigenvalue weighted by molar-refractivity contribution is 0.0644. The fourth-order valence-corrected chi connectivity index (χ4v) is 3.42. The van der Waals surface area contributed by atoms with E-state index in [4.69, 9.17) is 4.42 Å². The van der Waals surface area contributed by atoms with Crippen LogP contribution in [0.1, 0.15) is 40.9 Å². The molecular weight excluding hydrogens is 334 g/mol. The summed E-state index contributed by atoms with van der Waals surface area (Å²) in [6.07, 6.45) is 1.55. The molecule has 0 bridgehead atoms. The molecule has 2 heterocycles. The van der Waals surface area contributed by atoms with E-state index in [1.807, 2.05) is 29.2 Å². The predicted molar refractivity (Wildman–Crippen MR) is 88.0 cm³/mol. The maximum absolute atomic E-state index is 12.8. The van der Waals surface area contributed by atoms with Crippen LogP contribution in [0, 0.1) is 0 Å². The Labute approximate surface area is 142 Å². The van der Waals surface area contributed by atoms with E-state index in [1.165, 1.54) is 0 Å². The van der Waals surface area contributed by atoms with Gasteiger partial charge in [-0.05, 0) is 37.1 Å². The summed E-state index contributed by atoms with van der Waals surface area (Å²) < 4.78 is 30.4. The van der Waals surface area contributed by atoms with Crippen LogP contribution in [-0.2, 0) is 5.75 Å². The van der Waals surface area contributed by atoms with Crippen molar-refractivity contribution >= 4 is 23.4 Å². The topological polar surface area (TPSA) is 45.5 Å². The van der Waals surface area contributed by atoms with Crippen LogP contribution in [0.25, 0.3) is 0 Å². The molecule has 0 radical (unpaired) electrons. The minimum atomic E-state index is -2.43. The Morgan fingerprint density at radius 1 is 1.25 bits per heavy atom. The number of fused-ring (bicyclic) bond motifs is 1. The molecule has 4 rings (SSSR count). The second kappa shape index (κ2) is 6.12. The highest BCUT2D eigenvalue weighted by molar-refractivity contribution is 7.98. The molecule has 0 unspecified atom stereocenters. The average Bonchev–Trinajstić information content (AvgIpc) is 3.29. The normalized spacial score (nSPS) is 20.2. The number of benzene rings is 1.